The third kappa shape index (κ3) is 51.5. The number of allylic oxidation sites excluding steroid dienone is 6. The zero-order chi connectivity index (χ0) is 47.9. The van der Waals surface area contributed by atoms with Crippen LogP contribution in [0.3, 0.4) is 0 Å². The molecular formula is C60H113NO5. The van der Waals surface area contributed by atoms with Gasteiger partial charge < -0.3 is 20.3 Å². The number of aliphatic hydroxyl groups excluding tert-OH is 2. The van der Waals surface area contributed by atoms with E-state index in [0.29, 0.717) is 25.9 Å². The van der Waals surface area contributed by atoms with Gasteiger partial charge in [-0.2, -0.15) is 0 Å². The zero-order valence-electron chi connectivity index (χ0n) is 44.2. The number of nitrogens with one attached hydrogen (secondary N) is 1. The van der Waals surface area contributed by atoms with Gasteiger partial charge in [0.15, 0.2) is 0 Å². The van der Waals surface area contributed by atoms with Crippen molar-refractivity contribution < 1.29 is 24.5 Å². The number of amides is 1. The first-order valence-electron chi connectivity index (χ1n) is 29.2. The van der Waals surface area contributed by atoms with Crippen molar-refractivity contribution in [1.82, 2.24) is 5.32 Å². The molecule has 6 heteroatoms. The molecule has 0 aromatic rings. The Morgan fingerprint density at radius 1 is 0.424 bits per heavy atom. The lowest BCUT2D eigenvalue weighted by Gasteiger charge is -2.22. The topological polar surface area (TPSA) is 95.9 Å². The Balaban J connectivity index is 3.44. The quantitative estimate of drug-likeness (QED) is 0.0321. The molecule has 0 saturated heterocycles. The molecule has 0 spiro atoms. The number of rotatable bonds is 54. The van der Waals surface area contributed by atoms with Crippen LogP contribution in [-0.4, -0.2) is 47.4 Å². The van der Waals surface area contributed by atoms with Crippen molar-refractivity contribution in [2.75, 3.05) is 13.2 Å². The molecule has 1 amide bonds. The van der Waals surface area contributed by atoms with E-state index >= 15 is 0 Å². The molecule has 0 bridgehead atoms. The standard InChI is InChI=1S/C60H113NO5/c1-3-5-7-9-11-13-15-17-18-19-20-23-26-30-34-38-42-46-50-54-60(65)66-55-51-47-43-39-35-31-27-24-21-22-25-29-33-37-41-45-49-53-59(64)61-57(56-62)58(63)52-48-44-40-36-32-28-16-14-12-10-8-6-4-2/h11,13,17-18,21,24,57-58,62-63H,3-10,12,14-16,19-20,22-23,25-56H2,1-2H3,(H,61,64)/b13-11-,18-17-,24-21-. The fraction of sp³-hybridized carbons (Fsp3) is 0.867. The van der Waals surface area contributed by atoms with Crippen molar-refractivity contribution in [3.05, 3.63) is 36.5 Å². The van der Waals surface area contributed by atoms with Crippen molar-refractivity contribution in [2.24, 2.45) is 0 Å². The maximum atomic E-state index is 12.5. The van der Waals surface area contributed by atoms with Crippen LogP contribution in [-0.2, 0) is 14.3 Å². The Labute approximate surface area is 411 Å². The molecule has 0 aliphatic heterocycles. The molecule has 0 aliphatic carbocycles. The van der Waals surface area contributed by atoms with Gasteiger partial charge in [-0.05, 0) is 83.5 Å². The predicted molar refractivity (Wildman–Crippen MR) is 287 cm³/mol. The summed E-state index contributed by atoms with van der Waals surface area (Å²) in [6.45, 7) is 4.91. The smallest absolute Gasteiger partial charge is 0.305 e. The minimum absolute atomic E-state index is 0.00567. The second-order valence-corrected chi connectivity index (χ2v) is 20.0. The van der Waals surface area contributed by atoms with Crippen molar-refractivity contribution >= 4 is 11.9 Å². The highest BCUT2D eigenvalue weighted by molar-refractivity contribution is 5.76. The van der Waals surface area contributed by atoms with E-state index in [9.17, 15) is 19.8 Å². The largest absolute Gasteiger partial charge is 0.466 e. The van der Waals surface area contributed by atoms with Crippen molar-refractivity contribution in [3.63, 3.8) is 0 Å². The fourth-order valence-corrected chi connectivity index (χ4v) is 8.90. The van der Waals surface area contributed by atoms with Gasteiger partial charge in [0.25, 0.3) is 0 Å². The molecule has 3 N–H and O–H groups in total. The highest BCUT2D eigenvalue weighted by Crippen LogP contribution is 2.17. The highest BCUT2D eigenvalue weighted by Gasteiger charge is 2.20. The van der Waals surface area contributed by atoms with Crippen LogP contribution in [0.15, 0.2) is 36.5 Å². The molecule has 0 radical (unpaired) electrons. The molecule has 0 aromatic heterocycles. The number of carbonyl (C=O) groups excluding carboxylic acids is 2. The van der Waals surface area contributed by atoms with Crippen LogP contribution < -0.4 is 5.32 Å². The molecule has 6 nitrogen and oxygen atoms in total. The summed E-state index contributed by atoms with van der Waals surface area (Å²) < 4.78 is 5.48. The maximum Gasteiger partial charge on any atom is 0.305 e. The molecule has 0 heterocycles. The Bertz CT molecular complexity index is 1070. The van der Waals surface area contributed by atoms with Crippen LogP contribution in [0.25, 0.3) is 0 Å². The summed E-state index contributed by atoms with van der Waals surface area (Å²) in [5, 5.41) is 23.2. The number of ether oxygens (including phenoxy) is 1. The lowest BCUT2D eigenvalue weighted by Crippen LogP contribution is -2.45. The van der Waals surface area contributed by atoms with Gasteiger partial charge in [-0.1, -0.05) is 249 Å². The molecule has 388 valence electrons. The van der Waals surface area contributed by atoms with E-state index < -0.39 is 12.1 Å². The average molecular weight is 929 g/mol. The number of aliphatic hydroxyl groups is 2. The van der Waals surface area contributed by atoms with Gasteiger partial charge >= 0.3 is 5.97 Å². The lowest BCUT2D eigenvalue weighted by molar-refractivity contribution is -0.143. The zero-order valence-corrected chi connectivity index (χ0v) is 44.2. The van der Waals surface area contributed by atoms with Gasteiger partial charge in [0.2, 0.25) is 5.91 Å². The third-order valence-corrected chi connectivity index (χ3v) is 13.4. The number of hydrogen-bond acceptors (Lipinski definition) is 5. The van der Waals surface area contributed by atoms with Crippen LogP contribution in [0.5, 0.6) is 0 Å². The minimum Gasteiger partial charge on any atom is -0.466 e. The van der Waals surface area contributed by atoms with Crippen molar-refractivity contribution in [1.29, 1.82) is 0 Å². The van der Waals surface area contributed by atoms with Crippen LogP contribution in [0, 0.1) is 0 Å². The second kappa shape index (κ2) is 55.7. The molecule has 0 aliphatic rings. The van der Waals surface area contributed by atoms with E-state index in [-0.39, 0.29) is 18.5 Å². The van der Waals surface area contributed by atoms with Crippen molar-refractivity contribution in [2.45, 2.75) is 321 Å². The molecule has 0 saturated carbocycles. The predicted octanol–water partition coefficient (Wildman–Crippen LogP) is 18.0. The van der Waals surface area contributed by atoms with Gasteiger partial charge in [0.05, 0.1) is 25.4 Å². The maximum absolute atomic E-state index is 12.5. The summed E-state index contributed by atoms with van der Waals surface area (Å²) in [5.41, 5.74) is 0. The Hall–Kier alpha value is -1.92. The van der Waals surface area contributed by atoms with Crippen LogP contribution in [0.4, 0.5) is 0 Å². The number of esters is 1. The molecule has 0 fully saturated rings. The SMILES string of the molecule is CCCCC/C=C\C/C=C\CCCCCCCCCCCC(=O)OCCCCCCCC/C=C\CCCCCCCCCC(=O)NC(CO)C(O)CCCCCCCCCCCCCCC. The first-order valence-corrected chi connectivity index (χ1v) is 29.2. The first-order chi connectivity index (χ1) is 32.5. The van der Waals surface area contributed by atoms with Crippen LogP contribution in [0.1, 0.15) is 309 Å². The van der Waals surface area contributed by atoms with E-state index in [2.05, 4.69) is 55.6 Å². The summed E-state index contributed by atoms with van der Waals surface area (Å²) in [5.74, 6) is -0.0528. The van der Waals surface area contributed by atoms with Gasteiger partial charge in [-0.15, -0.1) is 0 Å². The Morgan fingerprint density at radius 3 is 1.20 bits per heavy atom. The molecule has 66 heavy (non-hydrogen) atoms. The summed E-state index contributed by atoms with van der Waals surface area (Å²) in [6.07, 6.45) is 68.5. The monoisotopic (exact) mass is 928 g/mol. The molecule has 2 atom stereocenters. The van der Waals surface area contributed by atoms with Gasteiger partial charge in [0, 0.05) is 12.8 Å². The molecule has 0 aromatic carbocycles. The van der Waals surface area contributed by atoms with E-state index in [0.717, 1.165) is 64.2 Å². The highest BCUT2D eigenvalue weighted by atomic mass is 16.5. The van der Waals surface area contributed by atoms with E-state index in [1.165, 1.54) is 212 Å². The van der Waals surface area contributed by atoms with Gasteiger partial charge in [-0.25, -0.2) is 0 Å². The van der Waals surface area contributed by atoms with Crippen molar-refractivity contribution in [3.8, 4) is 0 Å². The van der Waals surface area contributed by atoms with Gasteiger partial charge in [0.1, 0.15) is 0 Å². The lowest BCUT2D eigenvalue weighted by atomic mass is 10.0. The Morgan fingerprint density at radius 2 is 0.758 bits per heavy atom. The number of carbonyl (C=O) groups is 2. The summed E-state index contributed by atoms with van der Waals surface area (Å²) in [7, 11) is 0. The van der Waals surface area contributed by atoms with Crippen LogP contribution >= 0.6 is 0 Å². The molecular weight excluding hydrogens is 815 g/mol. The number of unbranched alkanes of at least 4 members (excludes halogenated alkanes) is 37. The Kier molecular flexibility index (Phi) is 54.1. The first kappa shape index (κ1) is 64.1. The van der Waals surface area contributed by atoms with E-state index in [1.807, 2.05) is 0 Å². The summed E-state index contributed by atoms with van der Waals surface area (Å²) in [6, 6.07) is -0.550. The second-order valence-electron chi connectivity index (χ2n) is 20.0. The van der Waals surface area contributed by atoms with Crippen LogP contribution in [0.2, 0.25) is 0 Å². The summed E-state index contributed by atoms with van der Waals surface area (Å²) in [4.78, 5) is 24.5. The average Bonchev–Trinajstić information content (AvgIpc) is 3.32. The molecule has 2 unspecified atom stereocenters. The van der Waals surface area contributed by atoms with E-state index in [1.54, 1.807) is 0 Å². The fourth-order valence-electron chi connectivity index (χ4n) is 8.90. The number of hydrogen-bond donors (Lipinski definition) is 3. The minimum atomic E-state index is -0.672. The normalized spacial score (nSPS) is 12.8. The molecule has 0 rings (SSSR count). The summed E-state index contributed by atoms with van der Waals surface area (Å²) >= 11 is 0. The van der Waals surface area contributed by atoms with Gasteiger partial charge in [-0.3, -0.25) is 9.59 Å². The third-order valence-electron chi connectivity index (χ3n) is 13.4. The van der Waals surface area contributed by atoms with E-state index in [4.69, 9.17) is 4.74 Å².